The highest BCUT2D eigenvalue weighted by molar-refractivity contribution is 5.92. The van der Waals surface area contributed by atoms with Gasteiger partial charge < -0.3 is 9.47 Å². The van der Waals surface area contributed by atoms with Crippen molar-refractivity contribution in [1.29, 1.82) is 0 Å². The lowest BCUT2D eigenvalue weighted by Crippen LogP contribution is -2.09. The largest absolute Gasteiger partial charge is 0.462 e. The Balaban J connectivity index is 1.77. The Morgan fingerprint density at radius 3 is 2.62 bits per heavy atom. The van der Waals surface area contributed by atoms with Gasteiger partial charge in [0.2, 0.25) is 0 Å². The van der Waals surface area contributed by atoms with Crippen LogP contribution in [0.15, 0.2) is 54.9 Å². The van der Waals surface area contributed by atoms with Crippen molar-refractivity contribution < 1.29 is 19.1 Å². The van der Waals surface area contributed by atoms with E-state index in [2.05, 4.69) is 4.98 Å². The third kappa shape index (κ3) is 3.27. The fourth-order valence-corrected chi connectivity index (χ4v) is 2.27. The first kappa shape index (κ1) is 15.7. The Morgan fingerprint density at radius 2 is 1.88 bits per heavy atom. The maximum absolute atomic E-state index is 12.2. The molecule has 0 saturated heterocycles. The standard InChI is InChI=1S/C18H16N2O4/c1-2-23-17(21)14-8-9-20-15(11-19-16(20)10-14)18(22)24-12-13-6-4-3-5-7-13/h3-11H,2,12H2,1H3. The van der Waals surface area contributed by atoms with E-state index in [4.69, 9.17) is 9.47 Å². The van der Waals surface area contributed by atoms with E-state index in [1.54, 1.807) is 29.7 Å². The minimum atomic E-state index is -0.477. The fraction of sp³-hybridized carbons (Fsp3) is 0.167. The summed E-state index contributed by atoms with van der Waals surface area (Å²) in [4.78, 5) is 28.1. The number of carbonyl (C=O) groups excluding carboxylic acids is 2. The molecule has 0 aliphatic carbocycles. The van der Waals surface area contributed by atoms with Crippen LogP contribution in [-0.4, -0.2) is 27.9 Å². The van der Waals surface area contributed by atoms with Crippen molar-refractivity contribution in [2.75, 3.05) is 6.61 Å². The van der Waals surface area contributed by atoms with Gasteiger partial charge in [-0.25, -0.2) is 14.6 Å². The molecule has 0 saturated carbocycles. The van der Waals surface area contributed by atoms with Crippen molar-refractivity contribution in [3.05, 3.63) is 71.7 Å². The molecule has 122 valence electrons. The highest BCUT2D eigenvalue weighted by Crippen LogP contribution is 2.12. The molecule has 0 aliphatic rings. The predicted molar refractivity (Wildman–Crippen MR) is 86.7 cm³/mol. The first-order valence-electron chi connectivity index (χ1n) is 7.54. The zero-order valence-electron chi connectivity index (χ0n) is 13.1. The van der Waals surface area contributed by atoms with E-state index in [0.29, 0.717) is 23.5 Å². The van der Waals surface area contributed by atoms with Gasteiger partial charge in [-0.15, -0.1) is 0 Å². The number of rotatable bonds is 5. The molecular weight excluding hydrogens is 308 g/mol. The molecule has 0 bridgehead atoms. The highest BCUT2D eigenvalue weighted by atomic mass is 16.5. The summed E-state index contributed by atoms with van der Waals surface area (Å²) in [5, 5.41) is 0. The lowest BCUT2D eigenvalue weighted by molar-refractivity contribution is 0.0463. The van der Waals surface area contributed by atoms with Gasteiger partial charge >= 0.3 is 11.9 Å². The average Bonchev–Trinajstić information content (AvgIpc) is 3.04. The number of nitrogens with zero attached hydrogens (tertiary/aromatic N) is 2. The molecule has 0 radical (unpaired) electrons. The van der Waals surface area contributed by atoms with Crippen LogP contribution in [0.5, 0.6) is 0 Å². The van der Waals surface area contributed by atoms with Crippen LogP contribution in [0.25, 0.3) is 5.65 Å². The Hall–Kier alpha value is -3.15. The van der Waals surface area contributed by atoms with Gasteiger partial charge in [0.25, 0.3) is 0 Å². The number of fused-ring (bicyclic) bond motifs is 1. The van der Waals surface area contributed by atoms with E-state index >= 15 is 0 Å². The van der Waals surface area contributed by atoms with Crippen molar-refractivity contribution in [3.63, 3.8) is 0 Å². The van der Waals surface area contributed by atoms with E-state index in [1.807, 2.05) is 30.3 Å². The SMILES string of the molecule is CCOC(=O)c1ccn2c(C(=O)OCc3ccccc3)cnc2c1. The molecule has 2 heterocycles. The van der Waals surface area contributed by atoms with Crippen molar-refractivity contribution >= 4 is 17.6 Å². The summed E-state index contributed by atoms with van der Waals surface area (Å²) in [6.45, 7) is 2.23. The molecule has 1 aromatic carbocycles. The normalized spacial score (nSPS) is 10.5. The van der Waals surface area contributed by atoms with E-state index in [0.717, 1.165) is 5.56 Å². The number of esters is 2. The summed E-state index contributed by atoms with van der Waals surface area (Å²) in [5.41, 5.74) is 2.08. The van der Waals surface area contributed by atoms with Crippen LogP contribution in [0.4, 0.5) is 0 Å². The molecule has 2 aromatic heterocycles. The third-order valence-electron chi connectivity index (χ3n) is 3.45. The summed E-state index contributed by atoms with van der Waals surface area (Å²) in [6, 6.07) is 12.6. The minimum Gasteiger partial charge on any atom is -0.462 e. The van der Waals surface area contributed by atoms with Gasteiger partial charge in [0.1, 0.15) is 12.3 Å². The molecule has 0 amide bonds. The zero-order valence-corrected chi connectivity index (χ0v) is 13.1. The highest BCUT2D eigenvalue weighted by Gasteiger charge is 2.15. The third-order valence-corrected chi connectivity index (χ3v) is 3.45. The topological polar surface area (TPSA) is 69.9 Å². The number of hydrogen-bond acceptors (Lipinski definition) is 5. The first-order chi connectivity index (χ1) is 11.7. The molecule has 3 aromatic rings. The van der Waals surface area contributed by atoms with Gasteiger partial charge in [-0.1, -0.05) is 30.3 Å². The van der Waals surface area contributed by atoms with E-state index in [-0.39, 0.29) is 6.61 Å². The van der Waals surface area contributed by atoms with Gasteiger partial charge in [-0.05, 0) is 24.6 Å². The van der Waals surface area contributed by atoms with Crippen LogP contribution in [-0.2, 0) is 16.1 Å². The van der Waals surface area contributed by atoms with Crippen LogP contribution < -0.4 is 0 Å². The molecule has 0 N–H and O–H groups in total. The van der Waals surface area contributed by atoms with Gasteiger partial charge in [0.15, 0.2) is 5.69 Å². The Kier molecular flexibility index (Phi) is 4.56. The lowest BCUT2D eigenvalue weighted by Gasteiger charge is -2.06. The Labute approximate surface area is 138 Å². The number of hydrogen-bond donors (Lipinski definition) is 0. The quantitative estimate of drug-likeness (QED) is 0.675. The molecule has 0 unspecified atom stereocenters. The van der Waals surface area contributed by atoms with Crippen molar-refractivity contribution in [3.8, 4) is 0 Å². The summed E-state index contributed by atoms with van der Waals surface area (Å²) >= 11 is 0. The molecule has 0 aliphatic heterocycles. The monoisotopic (exact) mass is 324 g/mol. The van der Waals surface area contributed by atoms with Gasteiger partial charge in [0, 0.05) is 6.20 Å². The van der Waals surface area contributed by atoms with Crippen molar-refractivity contribution in [2.45, 2.75) is 13.5 Å². The summed E-state index contributed by atoms with van der Waals surface area (Å²) in [5.74, 6) is -0.897. The summed E-state index contributed by atoms with van der Waals surface area (Å²) < 4.78 is 11.8. The van der Waals surface area contributed by atoms with Crippen LogP contribution in [0, 0.1) is 0 Å². The van der Waals surface area contributed by atoms with Crippen molar-refractivity contribution in [2.24, 2.45) is 0 Å². The number of benzene rings is 1. The van der Waals surface area contributed by atoms with E-state index in [9.17, 15) is 9.59 Å². The molecule has 24 heavy (non-hydrogen) atoms. The molecule has 0 atom stereocenters. The molecule has 3 rings (SSSR count). The lowest BCUT2D eigenvalue weighted by atomic mass is 10.2. The molecule has 0 fully saturated rings. The maximum atomic E-state index is 12.2. The number of imidazole rings is 1. The van der Waals surface area contributed by atoms with Gasteiger partial charge in [-0.3, -0.25) is 4.40 Å². The number of pyridine rings is 1. The van der Waals surface area contributed by atoms with Gasteiger partial charge in [0.05, 0.1) is 18.4 Å². The first-order valence-corrected chi connectivity index (χ1v) is 7.54. The number of ether oxygens (including phenoxy) is 2. The second kappa shape index (κ2) is 6.95. The number of carbonyl (C=O) groups is 2. The Morgan fingerprint density at radius 1 is 1.08 bits per heavy atom. The summed E-state index contributed by atoms with van der Waals surface area (Å²) in [7, 11) is 0. The van der Waals surface area contributed by atoms with E-state index in [1.165, 1.54) is 6.20 Å². The predicted octanol–water partition coefficient (Wildman–Crippen LogP) is 2.87. The molecule has 0 spiro atoms. The molecule has 6 heteroatoms. The van der Waals surface area contributed by atoms with E-state index < -0.39 is 11.9 Å². The van der Waals surface area contributed by atoms with Crippen molar-refractivity contribution in [1.82, 2.24) is 9.38 Å². The number of aromatic nitrogens is 2. The van der Waals surface area contributed by atoms with Gasteiger partial charge in [-0.2, -0.15) is 0 Å². The second-order valence-electron chi connectivity index (χ2n) is 5.07. The van der Waals surface area contributed by atoms with Crippen LogP contribution in [0.1, 0.15) is 33.3 Å². The minimum absolute atomic E-state index is 0.188. The fourth-order valence-electron chi connectivity index (χ4n) is 2.27. The van der Waals surface area contributed by atoms with Crippen LogP contribution in [0.3, 0.4) is 0 Å². The zero-order chi connectivity index (χ0) is 16.9. The second-order valence-corrected chi connectivity index (χ2v) is 5.07. The average molecular weight is 324 g/mol. The smallest absolute Gasteiger partial charge is 0.357 e. The van der Waals surface area contributed by atoms with Crippen LogP contribution >= 0.6 is 0 Å². The Bertz CT molecular complexity index is 871. The summed E-state index contributed by atoms with van der Waals surface area (Å²) in [6.07, 6.45) is 3.03. The molecule has 6 nitrogen and oxygen atoms in total. The maximum Gasteiger partial charge on any atom is 0.357 e. The molecular formula is C18H16N2O4. The van der Waals surface area contributed by atoms with Crippen LogP contribution in [0.2, 0.25) is 0 Å².